The summed E-state index contributed by atoms with van der Waals surface area (Å²) in [6.07, 6.45) is 11.8. The lowest BCUT2D eigenvalue weighted by Crippen LogP contribution is -2.21. The maximum absolute atomic E-state index is 2.33. The molecule has 10 heavy (non-hydrogen) atoms. The third kappa shape index (κ3) is 1.50. The van der Waals surface area contributed by atoms with E-state index < -0.39 is 0 Å². The molecule has 0 saturated heterocycles. The largest absolute Gasteiger partial charge is 0.0914 e. The van der Waals surface area contributed by atoms with Gasteiger partial charge in [-0.15, -0.1) is 0 Å². The standard InChI is InChI=1S/C10H16/c1-3-5-9-7-8-10(9)6-4-2/h3-6,9-10H,7-8H2,1-2H3/b5-3+,6-4+. The molecule has 1 fully saturated rings. The Morgan fingerprint density at radius 2 is 1.30 bits per heavy atom. The summed E-state index contributed by atoms with van der Waals surface area (Å²) in [6, 6.07) is 0. The Bertz CT molecular complexity index is 124. The summed E-state index contributed by atoms with van der Waals surface area (Å²) >= 11 is 0. The van der Waals surface area contributed by atoms with E-state index in [2.05, 4.69) is 38.2 Å². The van der Waals surface area contributed by atoms with Gasteiger partial charge in [-0.05, 0) is 38.5 Å². The first-order chi connectivity index (χ1) is 4.88. The smallest absolute Gasteiger partial charge is 0.0170 e. The van der Waals surface area contributed by atoms with Crippen molar-refractivity contribution in [3.63, 3.8) is 0 Å². The van der Waals surface area contributed by atoms with Crippen molar-refractivity contribution in [3.05, 3.63) is 24.3 Å². The van der Waals surface area contributed by atoms with E-state index in [4.69, 9.17) is 0 Å². The predicted molar refractivity (Wildman–Crippen MR) is 45.8 cm³/mol. The molecule has 1 aliphatic carbocycles. The van der Waals surface area contributed by atoms with Crippen LogP contribution in [0.1, 0.15) is 26.7 Å². The highest BCUT2D eigenvalue weighted by Gasteiger charge is 2.25. The van der Waals surface area contributed by atoms with Gasteiger partial charge in [0, 0.05) is 0 Å². The van der Waals surface area contributed by atoms with Crippen molar-refractivity contribution in [2.75, 3.05) is 0 Å². The molecule has 0 spiro atoms. The van der Waals surface area contributed by atoms with Crippen molar-refractivity contribution in [2.24, 2.45) is 11.8 Å². The highest BCUT2D eigenvalue weighted by molar-refractivity contribution is 5.03. The fourth-order valence-electron chi connectivity index (χ4n) is 1.52. The molecular weight excluding hydrogens is 120 g/mol. The Morgan fingerprint density at radius 3 is 1.50 bits per heavy atom. The molecule has 1 saturated carbocycles. The third-order valence-corrected chi connectivity index (χ3v) is 2.26. The molecule has 0 nitrogen and oxygen atoms in total. The van der Waals surface area contributed by atoms with Gasteiger partial charge in [-0.25, -0.2) is 0 Å². The van der Waals surface area contributed by atoms with Crippen LogP contribution in [0.3, 0.4) is 0 Å². The Labute approximate surface area is 63.6 Å². The summed E-state index contributed by atoms with van der Waals surface area (Å²) in [6.45, 7) is 4.20. The summed E-state index contributed by atoms with van der Waals surface area (Å²) in [5.41, 5.74) is 0. The van der Waals surface area contributed by atoms with Crippen LogP contribution in [0.2, 0.25) is 0 Å². The number of allylic oxidation sites excluding steroid dienone is 4. The molecule has 0 heterocycles. The monoisotopic (exact) mass is 136 g/mol. The van der Waals surface area contributed by atoms with Crippen LogP contribution >= 0.6 is 0 Å². The van der Waals surface area contributed by atoms with Crippen LogP contribution in [0.5, 0.6) is 0 Å². The minimum atomic E-state index is 0.848. The van der Waals surface area contributed by atoms with Crippen LogP contribution in [0.25, 0.3) is 0 Å². The summed E-state index contributed by atoms with van der Waals surface area (Å²) < 4.78 is 0. The van der Waals surface area contributed by atoms with E-state index in [9.17, 15) is 0 Å². The first-order valence-electron chi connectivity index (χ1n) is 4.14. The summed E-state index contributed by atoms with van der Waals surface area (Å²) in [4.78, 5) is 0. The second-order valence-electron chi connectivity index (χ2n) is 2.96. The Balaban J connectivity index is 2.35. The van der Waals surface area contributed by atoms with Crippen molar-refractivity contribution in [3.8, 4) is 0 Å². The highest BCUT2D eigenvalue weighted by atomic mass is 14.3. The van der Waals surface area contributed by atoms with Crippen molar-refractivity contribution < 1.29 is 0 Å². The van der Waals surface area contributed by atoms with Crippen LogP contribution in [0.4, 0.5) is 0 Å². The molecule has 0 radical (unpaired) electrons. The molecule has 0 amide bonds. The molecule has 1 aliphatic rings. The molecule has 1 rings (SSSR count). The van der Waals surface area contributed by atoms with E-state index in [0.29, 0.717) is 0 Å². The van der Waals surface area contributed by atoms with Crippen molar-refractivity contribution >= 4 is 0 Å². The first-order valence-corrected chi connectivity index (χ1v) is 4.14. The van der Waals surface area contributed by atoms with E-state index in [0.717, 1.165) is 11.8 Å². The zero-order valence-electron chi connectivity index (χ0n) is 6.88. The summed E-state index contributed by atoms with van der Waals surface area (Å²) in [7, 11) is 0. The lowest BCUT2D eigenvalue weighted by atomic mass is 9.73. The fourth-order valence-corrected chi connectivity index (χ4v) is 1.52. The van der Waals surface area contributed by atoms with E-state index in [1.165, 1.54) is 12.8 Å². The molecule has 0 aliphatic heterocycles. The maximum Gasteiger partial charge on any atom is -0.0170 e. The van der Waals surface area contributed by atoms with Crippen molar-refractivity contribution in [1.29, 1.82) is 0 Å². The Morgan fingerprint density at radius 1 is 0.900 bits per heavy atom. The zero-order chi connectivity index (χ0) is 7.40. The van der Waals surface area contributed by atoms with Crippen LogP contribution in [-0.4, -0.2) is 0 Å². The molecule has 56 valence electrons. The minimum absolute atomic E-state index is 0.848. The SMILES string of the molecule is C/C=C/C1CCC1/C=C/C. The van der Waals surface area contributed by atoms with E-state index >= 15 is 0 Å². The summed E-state index contributed by atoms with van der Waals surface area (Å²) in [5.74, 6) is 1.70. The van der Waals surface area contributed by atoms with Crippen LogP contribution in [0, 0.1) is 11.8 Å². The maximum atomic E-state index is 2.33. The van der Waals surface area contributed by atoms with Gasteiger partial charge in [-0.1, -0.05) is 24.3 Å². The number of hydrogen-bond acceptors (Lipinski definition) is 0. The second-order valence-corrected chi connectivity index (χ2v) is 2.96. The van der Waals surface area contributed by atoms with E-state index in [1.54, 1.807) is 0 Å². The molecule has 0 N–H and O–H groups in total. The predicted octanol–water partition coefficient (Wildman–Crippen LogP) is 3.16. The lowest BCUT2D eigenvalue weighted by Gasteiger charge is -2.32. The second kappa shape index (κ2) is 3.60. The van der Waals surface area contributed by atoms with Crippen molar-refractivity contribution in [1.82, 2.24) is 0 Å². The van der Waals surface area contributed by atoms with E-state index in [1.807, 2.05) is 0 Å². The van der Waals surface area contributed by atoms with Gasteiger partial charge in [0.25, 0.3) is 0 Å². The van der Waals surface area contributed by atoms with Crippen molar-refractivity contribution in [2.45, 2.75) is 26.7 Å². The van der Waals surface area contributed by atoms with Gasteiger partial charge in [0.1, 0.15) is 0 Å². The normalized spacial score (nSPS) is 33.4. The quantitative estimate of drug-likeness (QED) is 0.511. The van der Waals surface area contributed by atoms with Gasteiger partial charge in [-0.3, -0.25) is 0 Å². The van der Waals surface area contributed by atoms with Gasteiger partial charge >= 0.3 is 0 Å². The van der Waals surface area contributed by atoms with Crippen LogP contribution < -0.4 is 0 Å². The Kier molecular flexibility index (Phi) is 2.73. The Hall–Kier alpha value is -0.520. The molecule has 0 bridgehead atoms. The zero-order valence-corrected chi connectivity index (χ0v) is 6.88. The molecule has 0 aromatic rings. The summed E-state index contributed by atoms with van der Waals surface area (Å²) in [5, 5.41) is 0. The highest BCUT2D eigenvalue weighted by Crippen LogP contribution is 2.36. The molecule has 0 aromatic carbocycles. The fraction of sp³-hybridized carbons (Fsp3) is 0.600. The van der Waals surface area contributed by atoms with Gasteiger partial charge < -0.3 is 0 Å². The van der Waals surface area contributed by atoms with Gasteiger partial charge in [0.2, 0.25) is 0 Å². The van der Waals surface area contributed by atoms with E-state index in [-0.39, 0.29) is 0 Å². The van der Waals surface area contributed by atoms with Gasteiger partial charge in [-0.2, -0.15) is 0 Å². The third-order valence-electron chi connectivity index (χ3n) is 2.26. The average Bonchev–Trinajstić information content (AvgIpc) is 1.93. The molecular formula is C10H16. The first kappa shape index (κ1) is 7.59. The van der Waals surface area contributed by atoms with Crippen LogP contribution in [0.15, 0.2) is 24.3 Å². The minimum Gasteiger partial charge on any atom is -0.0914 e. The topological polar surface area (TPSA) is 0 Å². The number of hydrogen-bond donors (Lipinski definition) is 0. The van der Waals surface area contributed by atoms with Gasteiger partial charge in [0.15, 0.2) is 0 Å². The molecule has 2 unspecified atom stereocenters. The lowest BCUT2D eigenvalue weighted by molar-refractivity contribution is 0.286. The van der Waals surface area contributed by atoms with Gasteiger partial charge in [0.05, 0.1) is 0 Å². The van der Waals surface area contributed by atoms with Crippen LogP contribution in [-0.2, 0) is 0 Å². The molecule has 2 atom stereocenters. The average molecular weight is 136 g/mol. The number of rotatable bonds is 2. The molecule has 0 aromatic heterocycles. The molecule has 0 heteroatoms.